The van der Waals surface area contributed by atoms with Gasteiger partial charge in [0.1, 0.15) is 0 Å². The SMILES string of the molecule is CC1=Cc2cc(CC(C)C)ccc2[CH]1[Zr]([CH3])([CH3])(=[SiH2])[CH]1C(C)=Cc2cc(CC(C)C)ccc21. The van der Waals surface area contributed by atoms with Gasteiger partial charge in [-0.15, -0.1) is 0 Å². The van der Waals surface area contributed by atoms with Gasteiger partial charge in [0.25, 0.3) is 0 Å². The van der Waals surface area contributed by atoms with Gasteiger partial charge in [-0.05, 0) is 0 Å². The van der Waals surface area contributed by atoms with Crippen molar-refractivity contribution in [3.05, 3.63) is 80.9 Å². The molecule has 2 aromatic rings. The van der Waals surface area contributed by atoms with Crippen molar-refractivity contribution in [3.63, 3.8) is 0 Å². The molecule has 0 spiro atoms. The van der Waals surface area contributed by atoms with E-state index in [9.17, 15) is 0 Å². The number of hydrogen-bond acceptors (Lipinski definition) is 0. The van der Waals surface area contributed by atoms with E-state index >= 15 is 0 Å². The van der Waals surface area contributed by atoms with E-state index in [1.807, 2.05) is 0 Å². The quantitative estimate of drug-likeness (QED) is 0.337. The molecule has 0 aliphatic heterocycles. The van der Waals surface area contributed by atoms with Crippen LogP contribution in [-0.2, 0) is 30.2 Å². The molecule has 0 bridgehead atoms. The molecular formula is C30H42SiZr. The van der Waals surface area contributed by atoms with Crippen LogP contribution in [0.25, 0.3) is 12.2 Å². The van der Waals surface area contributed by atoms with Crippen molar-refractivity contribution < 1.29 is 17.4 Å². The number of rotatable bonds is 6. The second-order valence-electron chi connectivity index (χ2n) is 12.7. The molecule has 2 aliphatic carbocycles. The number of hydrogen-bond donors (Lipinski definition) is 0. The fraction of sp³-hybridized carbons (Fsp3) is 0.467. The summed E-state index contributed by atoms with van der Waals surface area (Å²) in [5.74, 6) is 1.40. The van der Waals surface area contributed by atoms with Gasteiger partial charge in [0, 0.05) is 0 Å². The van der Waals surface area contributed by atoms with Crippen molar-refractivity contribution >= 4 is 19.0 Å². The van der Waals surface area contributed by atoms with E-state index < -0.39 is 17.4 Å². The van der Waals surface area contributed by atoms with Gasteiger partial charge in [0.05, 0.1) is 0 Å². The van der Waals surface area contributed by atoms with Crippen LogP contribution >= 0.6 is 0 Å². The number of benzene rings is 2. The van der Waals surface area contributed by atoms with Gasteiger partial charge in [-0.2, -0.15) is 0 Å². The van der Waals surface area contributed by atoms with Crippen LogP contribution in [0.3, 0.4) is 0 Å². The average molecular weight is 522 g/mol. The van der Waals surface area contributed by atoms with Gasteiger partial charge in [0.15, 0.2) is 0 Å². The molecule has 0 nitrogen and oxygen atoms in total. The van der Waals surface area contributed by atoms with E-state index in [2.05, 4.69) is 106 Å². The molecule has 0 saturated heterocycles. The summed E-state index contributed by atoms with van der Waals surface area (Å²) in [5.41, 5.74) is 12.4. The summed E-state index contributed by atoms with van der Waals surface area (Å²) in [7, 11) is 0. The van der Waals surface area contributed by atoms with Crippen LogP contribution < -0.4 is 0 Å². The predicted octanol–water partition coefficient (Wildman–Crippen LogP) is 8.03. The average Bonchev–Trinajstić information content (AvgIpc) is 3.15. The molecule has 2 aliphatic rings. The van der Waals surface area contributed by atoms with Gasteiger partial charge in [-0.25, -0.2) is 0 Å². The molecule has 0 aromatic heterocycles. The molecule has 0 saturated carbocycles. The summed E-state index contributed by atoms with van der Waals surface area (Å²) >= 11 is -3.29. The normalized spacial score (nSPS) is 20.5. The van der Waals surface area contributed by atoms with E-state index in [4.69, 9.17) is 0 Å². The van der Waals surface area contributed by atoms with Gasteiger partial charge in [0.2, 0.25) is 0 Å². The molecule has 0 heterocycles. The van der Waals surface area contributed by atoms with Crippen LogP contribution in [0.15, 0.2) is 47.5 Å². The Morgan fingerprint density at radius 3 is 1.44 bits per heavy atom. The molecule has 4 rings (SSSR count). The summed E-state index contributed by atoms with van der Waals surface area (Å²) in [6.45, 7) is 16.5. The van der Waals surface area contributed by atoms with E-state index in [0.717, 1.165) is 0 Å². The first kappa shape index (κ1) is 24.2. The summed E-state index contributed by atoms with van der Waals surface area (Å²) in [4.78, 5) is 0. The van der Waals surface area contributed by atoms with Gasteiger partial charge < -0.3 is 0 Å². The van der Waals surface area contributed by atoms with Crippen molar-refractivity contribution in [1.82, 2.24) is 0 Å². The minimum absolute atomic E-state index is 0.632. The maximum atomic E-state index is 2.73. The molecule has 2 aromatic carbocycles. The van der Waals surface area contributed by atoms with E-state index in [1.54, 1.807) is 22.3 Å². The Morgan fingerprint density at radius 2 is 1.09 bits per heavy atom. The van der Waals surface area contributed by atoms with Crippen LogP contribution in [0.5, 0.6) is 0 Å². The fourth-order valence-corrected chi connectivity index (χ4v) is 28.4. The minimum atomic E-state index is -3.29. The molecule has 170 valence electrons. The van der Waals surface area contributed by atoms with E-state index in [-0.39, 0.29) is 0 Å². The van der Waals surface area contributed by atoms with Crippen molar-refractivity contribution in [2.75, 3.05) is 0 Å². The Bertz CT molecular complexity index is 1100. The predicted molar refractivity (Wildman–Crippen MR) is 143 cm³/mol. The second-order valence-corrected chi connectivity index (χ2v) is 43.2. The van der Waals surface area contributed by atoms with Crippen molar-refractivity contribution in [2.45, 2.75) is 70.9 Å². The van der Waals surface area contributed by atoms with Crippen LogP contribution in [0.1, 0.15) is 82.2 Å². The van der Waals surface area contributed by atoms with Crippen LogP contribution in [-0.4, -0.2) is 6.88 Å². The summed E-state index contributed by atoms with van der Waals surface area (Å²) in [5, 5.41) is 0. The maximum absolute atomic E-state index is 3.29. The summed E-state index contributed by atoms with van der Waals surface area (Å²) in [6, 6.07) is 14.8. The summed E-state index contributed by atoms with van der Waals surface area (Å²) < 4.78 is 6.73. The zero-order chi connectivity index (χ0) is 23.4. The Hall–Kier alpha value is -0.980. The van der Waals surface area contributed by atoms with Crippen LogP contribution in [0, 0.1) is 11.8 Å². The molecule has 0 N–H and O–H groups in total. The van der Waals surface area contributed by atoms with Gasteiger partial charge in [-0.1, -0.05) is 0 Å². The van der Waals surface area contributed by atoms with E-state index in [0.29, 0.717) is 19.1 Å². The topological polar surface area (TPSA) is 0 Å². The molecule has 32 heavy (non-hydrogen) atoms. The molecule has 0 radical (unpaired) electrons. The second kappa shape index (κ2) is 8.35. The van der Waals surface area contributed by atoms with Crippen molar-refractivity contribution in [3.8, 4) is 0 Å². The zero-order valence-corrected chi connectivity index (χ0v) is 25.4. The summed E-state index contributed by atoms with van der Waals surface area (Å²) in [6.07, 6.45) is 7.37. The first-order chi connectivity index (χ1) is 14.9. The zero-order valence-electron chi connectivity index (χ0n) is 21.5. The van der Waals surface area contributed by atoms with Gasteiger partial charge >= 0.3 is 200 Å². The number of allylic oxidation sites excluding steroid dienone is 2. The standard InChI is InChI=1S/2C14H17.2CH3.H2Si.Zr/c2*1-10(2)6-12-4-5-13-7-11(3)8-14(13)9-12;;;;/h2*4-5,7-10H,6H2,1-3H3;2*1H3;1H2;. The third kappa shape index (κ3) is 4.27. The van der Waals surface area contributed by atoms with Crippen molar-refractivity contribution in [1.29, 1.82) is 0 Å². The Labute approximate surface area is 199 Å². The van der Waals surface area contributed by atoms with Crippen molar-refractivity contribution in [2.24, 2.45) is 11.8 Å². The first-order valence-corrected chi connectivity index (χ1v) is 26.2. The number of fused-ring (bicyclic) bond motifs is 2. The fourth-order valence-electron chi connectivity index (χ4n) is 7.05. The molecule has 2 heteroatoms. The van der Waals surface area contributed by atoms with E-state index in [1.165, 1.54) is 35.1 Å². The third-order valence-corrected chi connectivity index (χ3v) is 25.7. The third-order valence-electron chi connectivity index (χ3n) is 7.79. The van der Waals surface area contributed by atoms with Crippen LogP contribution in [0.2, 0.25) is 9.26 Å². The Morgan fingerprint density at radius 1 is 0.719 bits per heavy atom. The molecule has 2 atom stereocenters. The molecule has 2 unspecified atom stereocenters. The Balaban J connectivity index is 1.77. The monoisotopic (exact) mass is 520 g/mol. The molecular weight excluding hydrogens is 480 g/mol. The Kier molecular flexibility index (Phi) is 6.30. The molecule has 0 amide bonds. The van der Waals surface area contributed by atoms with Gasteiger partial charge in [-0.3, -0.25) is 0 Å². The molecule has 0 fully saturated rings. The van der Waals surface area contributed by atoms with Crippen LogP contribution in [0.4, 0.5) is 0 Å². The first-order valence-electron chi connectivity index (χ1n) is 12.5.